The van der Waals surface area contributed by atoms with E-state index in [9.17, 15) is 4.79 Å². The lowest BCUT2D eigenvalue weighted by atomic mass is 10.2. The van der Waals surface area contributed by atoms with Crippen LogP contribution in [0.1, 0.15) is 16.1 Å². The van der Waals surface area contributed by atoms with Gasteiger partial charge in [0.2, 0.25) is 0 Å². The van der Waals surface area contributed by atoms with E-state index in [0.717, 1.165) is 0 Å². The summed E-state index contributed by atoms with van der Waals surface area (Å²) < 4.78 is 5.66. The summed E-state index contributed by atoms with van der Waals surface area (Å²) in [5.41, 5.74) is 0.523. The van der Waals surface area contributed by atoms with Gasteiger partial charge in [-0.2, -0.15) is 0 Å². The molecule has 23 heavy (non-hydrogen) atoms. The highest BCUT2D eigenvalue weighted by atomic mass is 79.9. The van der Waals surface area contributed by atoms with Gasteiger partial charge in [0.1, 0.15) is 5.76 Å². The highest BCUT2D eigenvalue weighted by molar-refractivity contribution is 9.10. The van der Waals surface area contributed by atoms with Gasteiger partial charge in [0.25, 0.3) is 5.91 Å². The number of hydrogen-bond acceptors (Lipinski definition) is 6. The van der Waals surface area contributed by atoms with E-state index in [-0.39, 0.29) is 5.91 Å². The average molecular weight is 374 g/mol. The molecular weight excluding hydrogens is 362 g/mol. The van der Waals surface area contributed by atoms with E-state index in [1.54, 1.807) is 43.3 Å². The predicted octanol–water partition coefficient (Wildman–Crippen LogP) is 3.53. The van der Waals surface area contributed by atoms with Crippen LogP contribution in [0.2, 0.25) is 0 Å². The molecule has 0 aliphatic rings. The SMILES string of the molecule is Cc1cc(Nc2ccc(NC(=O)c3ccccc3Br)nn2)no1. The van der Waals surface area contributed by atoms with E-state index in [1.807, 2.05) is 6.07 Å². The van der Waals surface area contributed by atoms with E-state index in [1.165, 1.54) is 0 Å². The third kappa shape index (κ3) is 3.72. The molecule has 0 saturated carbocycles. The molecule has 3 aromatic rings. The first kappa shape index (κ1) is 15.2. The fourth-order valence-corrected chi connectivity index (χ4v) is 2.32. The number of benzene rings is 1. The molecule has 0 unspecified atom stereocenters. The number of carbonyl (C=O) groups excluding carboxylic acids is 1. The van der Waals surface area contributed by atoms with Crippen LogP contribution < -0.4 is 10.6 Å². The van der Waals surface area contributed by atoms with Gasteiger partial charge in [-0.25, -0.2) is 0 Å². The third-order valence-electron chi connectivity index (χ3n) is 2.91. The minimum atomic E-state index is -0.264. The first-order chi connectivity index (χ1) is 11.1. The quantitative estimate of drug-likeness (QED) is 0.726. The van der Waals surface area contributed by atoms with E-state index in [2.05, 4.69) is 41.9 Å². The largest absolute Gasteiger partial charge is 0.360 e. The van der Waals surface area contributed by atoms with Crippen molar-refractivity contribution in [2.75, 3.05) is 10.6 Å². The minimum Gasteiger partial charge on any atom is -0.360 e. The van der Waals surface area contributed by atoms with Gasteiger partial charge in [-0.15, -0.1) is 10.2 Å². The lowest BCUT2D eigenvalue weighted by Crippen LogP contribution is -2.14. The van der Waals surface area contributed by atoms with Gasteiger partial charge >= 0.3 is 0 Å². The lowest BCUT2D eigenvalue weighted by molar-refractivity contribution is 0.102. The number of anilines is 3. The highest BCUT2D eigenvalue weighted by Crippen LogP contribution is 2.18. The van der Waals surface area contributed by atoms with Gasteiger partial charge in [-0.1, -0.05) is 17.3 Å². The van der Waals surface area contributed by atoms with Gasteiger partial charge in [-0.05, 0) is 47.1 Å². The van der Waals surface area contributed by atoms with Crippen LogP contribution >= 0.6 is 15.9 Å². The van der Waals surface area contributed by atoms with Crippen molar-refractivity contribution < 1.29 is 9.32 Å². The molecule has 3 rings (SSSR count). The predicted molar refractivity (Wildman–Crippen MR) is 88.6 cm³/mol. The lowest BCUT2D eigenvalue weighted by Gasteiger charge is -2.06. The van der Waals surface area contributed by atoms with Crippen LogP contribution in [0.5, 0.6) is 0 Å². The zero-order valence-corrected chi connectivity index (χ0v) is 13.7. The van der Waals surface area contributed by atoms with Gasteiger partial charge in [0.15, 0.2) is 17.5 Å². The number of aryl methyl sites for hydroxylation is 1. The molecule has 2 heterocycles. The first-order valence-electron chi connectivity index (χ1n) is 6.72. The summed E-state index contributed by atoms with van der Waals surface area (Å²) in [7, 11) is 0. The van der Waals surface area contributed by atoms with Gasteiger partial charge in [0, 0.05) is 10.5 Å². The van der Waals surface area contributed by atoms with Crippen LogP contribution in [0.25, 0.3) is 0 Å². The number of rotatable bonds is 4. The maximum atomic E-state index is 12.2. The summed E-state index contributed by atoms with van der Waals surface area (Å²) in [6.45, 7) is 1.80. The van der Waals surface area contributed by atoms with Crippen molar-refractivity contribution in [1.82, 2.24) is 15.4 Å². The Hall–Kier alpha value is -2.74. The zero-order chi connectivity index (χ0) is 16.2. The Labute approximate surface area is 140 Å². The molecule has 0 spiro atoms. The number of halogens is 1. The summed E-state index contributed by atoms with van der Waals surface area (Å²) in [4.78, 5) is 12.2. The fraction of sp³-hybridized carbons (Fsp3) is 0.0667. The fourth-order valence-electron chi connectivity index (χ4n) is 1.85. The molecule has 0 atom stereocenters. The van der Waals surface area contributed by atoms with E-state index in [0.29, 0.717) is 33.3 Å². The smallest absolute Gasteiger partial charge is 0.258 e. The van der Waals surface area contributed by atoms with Crippen LogP contribution in [0, 0.1) is 6.92 Å². The van der Waals surface area contributed by atoms with Crippen LogP contribution in [0.15, 0.2) is 51.5 Å². The monoisotopic (exact) mass is 373 g/mol. The summed E-state index contributed by atoms with van der Waals surface area (Å²) in [5, 5.41) is 17.4. The molecule has 2 aromatic heterocycles. The Bertz CT molecular complexity index is 832. The molecule has 8 heteroatoms. The van der Waals surface area contributed by atoms with Crippen molar-refractivity contribution in [3.8, 4) is 0 Å². The molecule has 1 aromatic carbocycles. The van der Waals surface area contributed by atoms with Crippen molar-refractivity contribution in [2.24, 2.45) is 0 Å². The molecule has 0 radical (unpaired) electrons. The van der Waals surface area contributed by atoms with Crippen LogP contribution in [-0.2, 0) is 0 Å². The molecule has 2 N–H and O–H groups in total. The summed E-state index contributed by atoms with van der Waals surface area (Å²) >= 11 is 3.34. The number of hydrogen-bond donors (Lipinski definition) is 2. The normalized spacial score (nSPS) is 10.3. The molecule has 0 fully saturated rings. The van der Waals surface area contributed by atoms with Crippen LogP contribution in [-0.4, -0.2) is 21.3 Å². The molecule has 0 saturated heterocycles. The molecule has 0 bridgehead atoms. The Kier molecular flexibility index (Phi) is 4.33. The van der Waals surface area contributed by atoms with Crippen molar-refractivity contribution in [3.05, 3.63) is 58.3 Å². The average Bonchev–Trinajstić information content (AvgIpc) is 2.95. The molecule has 0 aliphatic carbocycles. The molecular formula is C15H12BrN5O2. The van der Waals surface area contributed by atoms with Crippen molar-refractivity contribution in [3.63, 3.8) is 0 Å². The van der Waals surface area contributed by atoms with E-state index < -0.39 is 0 Å². The molecule has 7 nitrogen and oxygen atoms in total. The van der Waals surface area contributed by atoms with Crippen LogP contribution in [0.4, 0.5) is 17.5 Å². The Balaban J connectivity index is 1.68. The van der Waals surface area contributed by atoms with Crippen molar-refractivity contribution >= 4 is 39.3 Å². The number of nitrogens with one attached hydrogen (secondary N) is 2. The second kappa shape index (κ2) is 6.57. The Morgan fingerprint density at radius 1 is 1.09 bits per heavy atom. The number of amides is 1. The molecule has 116 valence electrons. The standard InChI is InChI=1S/C15H12BrN5O2/c1-9-8-14(21-23-9)17-12-6-7-13(20-19-12)18-15(22)10-4-2-3-5-11(10)16/h2-8H,1H3,(H,17,19,21)(H,18,20,22). The van der Waals surface area contributed by atoms with Gasteiger partial charge in [-0.3, -0.25) is 4.79 Å². The summed E-state index contributed by atoms with van der Waals surface area (Å²) in [6, 6.07) is 12.2. The number of aromatic nitrogens is 3. The van der Waals surface area contributed by atoms with Crippen molar-refractivity contribution in [2.45, 2.75) is 6.92 Å². The van der Waals surface area contributed by atoms with Crippen molar-refractivity contribution in [1.29, 1.82) is 0 Å². The Morgan fingerprint density at radius 3 is 2.48 bits per heavy atom. The summed E-state index contributed by atoms with van der Waals surface area (Å²) in [6.07, 6.45) is 0. The first-order valence-corrected chi connectivity index (χ1v) is 7.51. The number of carbonyl (C=O) groups is 1. The topological polar surface area (TPSA) is 92.9 Å². The van der Waals surface area contributed by atoms with Gasteiger partial charge in [0.05, 0.1) is 5.56 Å². The Morgan fingerprint density at radius 2 is 1.83 bits per heavy atom. The second-order valence-corrected chi connectivity index (χ2v) is 5.54. The second-order valence-electron chi connectivity index (χ2n) is 4.69. The zero-order valence-electron chi connectivity index (χ0n) is 12.1. The number of nitrogens with zero attached hydrogens (tertiary/aromatic N) is 3. The maximum absolute atomic E-state index is 12.2. The van der Waals surface area contributed by atoms with Crippen LogP contribution in [0.3, 0.4) is 0 Å². The summed E-state index contributed by atoms with van der Waals surface area (Å²) in [5.74, 6) is 1.82. The highest BCUT2D eigenvalue weighted by Gasteiger charge is 2.10. The third-order valence-corrected chi connectivity index (χ3v) is 3.60. The minimum absolute atomic E-state index is 0.264. The van der Waals surface area contributed by atoms with Gasteiger partial charge < -0.3 is 15.2 Å². The van der Waals surface area contributed by atoms with E-state index in [4.69, 9.17) is 4.52 Å². The van der Waals surface area contributed by atoms with E-state index >= 15 is 0 Å². The molecule has 0 aliphatic heterocycles. The molecule has 1 amide bonds. The maximum Gasteiger partial charge on any atom is 0.258 e.